The van der Waals surface area contributed by atoms with E-state index < -0.39 is 0 Å². The van der Waals surface area contributed by atoms with Gasteiger partial charge in [0.15, 0.2) is 0 Å². The van der Waals surface area contributed by atoms with Crippen LogP contribution in [0.4, 0.5) is 0 Å². The lowest BCUT2D eigenvalue weighted by molar-refractivity contribution is -0.120. The van der Waals surface area contributed by atoms with Crippen LogP contribution in [0.5, 0.6) is 0 Å². The number of nitrogens with two attached hydrogens (primary N) is 1. The van der Waals surface area contributed by atoms with E-state index in [9.17, 15) is 0 Å². The third-order valence-corrected chi connectivity index (χ3v) is 4.61. The van der Waals surface area contributed by atoms with E-state index >= 15 is 0 Å². The Kier molecular flexibility index (Phi) is 5.07. The van der Waals surface area contributed by atoms with Crippen molar-refractivity contribution in [2.75, 3.05) is 19.8 Å². The molecule has 6 heteroatoms. The average Bonchev–Trinajstić information content (AvgIpc) is 2.67. The van der Waals surface area contributed by atoms with Gasteiger partial charge in [0.1, 0.15) is 0 Å². The second kappa shape index (κ2) is 6.43. The molecule has 114 valence electrons. The summed E-state index contributed by atoms with van der Waals surface area (Å²) < 4.78 is 13.3. The Morgan fingerprint density at radius 1 is 1.50 bits per heavy atom. The summed E-state index contributed by atoms with van der Waals surface area (Å²) in [5, 5.41) is 5.05. The van der Waals surface area contributed by atoms with Crippen molar-refractivity contribution in [2.24, 2.45) is 12.8 Å². The van der Waals surface area contributed by atoms with Crippen molar-refractivity contribution >= 4 is 11.6 Å². The van der Waals surface area contributed by atoms with Crippen LogP contribution in [-0.2, 0) is 22.9 Å². The van der Waals surface area contributed by atoms with Crippen LogP contribution in [-0.4, -0.2) is 41.2 Å². The van der Waals surface area contributed by atoms with Gasteiger partial charge in [-0.25, -0.2) is 0 Å². The first-order chi connectivity index (χ1) is 9.50. The van der Waals surface area contributed by atoms with Gasteiger partial charge in [-0.3, -0.25) is 4.68 Å². The van der Waals surface area contributed by atoms with Crippen molar-refractivity contribution in [3.05, 3.63) is 16.4 Å². The van der Waals surface area contributed by atoms with E-state index in [1.807, 2.05) is 25.6 Å². The van der Waals surface area contributed by atoms with E-state index in [1.165, 1.54) is 0 Å². The van der Waals surface area contributed by atoms with Crippen LogP contribution in [0.25, 0.3) is 0 Å². The molecule has 0 bridgehead atoms. The zero-order chi connectivity index (χ0) is 14.8. The van der Waals surface area contributed by atoms with E-state index in [0.717, 1.165) is 24.2 Å². The van der Waals surface area contributed by atoms with Crippen molar-refractivity contribution in [1.82, 2.24) is 9.78 Å². The average molecular weight is 302 g/mol. The monoisotopic (exact) mass is 301 g/mol. The maximum absolute atomic E-state index is 6.47. The van der Waals surface area contributed by atoms with E-state index in [4.69, 9.17) is 26.8 Å². The first-order valence-corrected chi connectivity index (χ1v) is 7.53. The SMILES string of the molecule is CCOC1(C(N)Cc2c(Cl)c(C)nn2C)CCOCC1. The van der Waals surface area contributed by atoms with Crippen molar-refractivity contribution in [1.29, 1.82) is 0 Å². The fraction of sp³-hybridized carbons (Fsp3) is 0.786. The summed E-state index contributed by atoms with van der Waals surface area (Å²) in [7, 11) is 1.90. The molecule has 1 aliphatic rings. The minimum absolute atomic E-state index is 0.112. The van der Waals surface area contributed by atoms with Gasteiger partial charge in [-0.15, -0.1) is 0 Å². The topological polar surface area (TPSA) is 62.3 Å². The molecule has 0 aliphatic carbocycles. The first-order valence-electron chi connectivity index (χ1n) is 7.15. The molecule has 2 N–H and O–H groups in total. The largest absolute Gasteiger partial charge is 0.381 e. The van der Waals surface area contributed by atoms with Crippen molar-refractivity contribution in [2.45, 2.75) is 44.8 Å². The second-order valence-electron chi connectivity index (χ2n) is 5.39. The molecule has 2 heterocycles. The summed E-state index contributed by atoms with van der Waals surface area (Å²) in [5.41, 5.74) is 7.97. The van der Waals surface area contributed by atoms with Gasteiger partial charge < -0.3 is 15.2 Å². The minimum atomic E-state index is -0.311. The van der Waals surface area contributed by atoms with E-state index in [2.05, 4.69) is 5.10 Å². The maximum Gasteiger partial charge on any atom is 0.0880 e. The summed E-state index contributed by atoms with van der Waals surface area (Å²) in [6.07, 6.45) is 2.32. The van der Waals surface area contributed by atoms with Gasteiger partial charge in [0, 0.05) is 52.2 Å². The van der Waals surface area contributed by atoms with E-state index in [1.54, 1.807) is 0 Å². The molecule has 5 nitrogen and oxygen atoms in total. The highest BCUT2D eigenvalue weighted by molar-refractivity contribution is 6.31. The molecule has 1 aromatic rings. The molecule has 0 aromatic carbocycles. The van der Waals surface area contributed by atoms with E-state index in [0.29, 0.717) is 31.3 Å². The minimum Gasteiger partial charge on any atom is -0.381 e. The number of ether oxygens (including phenoxy) is 2. The number of aryl methyl sites for hydroxylation is 2. The Labute approximate surface area is 125 Å². The number of aromatic nitrogens is 2. The van der Waals surface area contributed by atoms with Crippen LogP contribution in [0, 0.1) is 6.92 Å². The predicted octanol–water partition coefficient (Wildman–Crippen LogP) is 1.84. The fourth-order valence-electron chi connectivity index (χ4n) is 2.92. The highest BCUT2D eigenvalue weighted by atomic mass is 35.5. The van der Waals surface area contributed by atoms with Crippen LogP contribution >= 0.6 is 11.6 Å². The molecule has 1 fully saturated rings. The lowest BCUT2D eigenvalue weighted by atomic mass is 9.84. The Bertz CT molecular complexity index is 450. The van der Waals surface area contributed by atoms with Gasteiger partial charge in [-0.2, -0.15) is 5.10 Å². The second-order valence-corrected chi connectivity index (χ2v) is 5.77. The third-order valence-electron chi connectivity index (χ3n) is 4.12. The summed E-state index contributed by atoms with van der Waals surface area (Å²) in [4.78, 5) is 0. The fourth-order valence-corrected chi connectivity index (χ4v) is 3.16. The molecular formula is C14H24ClN3O2. The summed E-state index contributed by atoms with van der Waals surface area (Å²) >= 11 is 6.32. The lowest BCUT2D eigenvalue weighted by Crippen LogP contribution is -2.54. The molecule has 0 spiro atoms. The van der Waals surface area contributed by atoms with Gasteiger partial charge in [0.25, 0.3) is 0 Å². The molecule has 1 aliphatic heterocycles. The van der Waals surface area contributed by atoms with Gasteiger partial charge in [-0.1, -0.05) is 11.6 Å². The third kappa shape index (κ3) is 3.01. The van der Waals surface area contributed by atoms with Gasteiger partial charge in [0.2, 0.25) is 0 Å². The number of nitrogens with zero attached hydrogens (tertiary/aromatic N) is 2. The molecular weight excluding hydrogens is 278 g/mol. The standard InChI is InChI=1S/C14H24ClN3O2/c1-4-20-14(5-7-19-8-6-14)12(16)9-11-13(15)10(2)17-18(11)3/h12H,4-9,16H2,1-3H3. The van der Waals surface area contributed by atoms with Crippen LogP contribution < -0.4 is 5.73 Å². The number of hydrogen-bond donors (Lipinski definition) is 1. The molecule has 0 radical (unpaired) electrons. The van der Waals surface area contributed by atoms with Gasteiger partial charge in [0.05, 0.1) is 22.0 Å². The Hall–Kier alpha value is -0.620. The Balaban J connectivity index is 2.17. The summed E-state index contributed by atoms with van der Waals surface area (Å²) in [6, 6.07) is -0.112. The molecule has 1 aromatic heterocycles. The molecule has 0 saturated carbocycles. The zero-order valence-electron chi connectivity index (χ0n) is 12.5. The summed E-state index contributed by atoms with van der Waals surface area (Å²) in [6.45, 7) is 5.97. The van der Waals surface area contributed by atoms with Gasteiger partial charge in [-0.05, 0) is 13.8 Å². The highest BCUT2D eigenvalue weighted by Crippen LogP contribution is 2.31. The van der Waals surface area contributed by atoms with Crippen LogP contribution in [0.3, 0.4) is 0 Å². The molecule has 1 saturated heterocycles. The molecule has 1 unspecified atom stereocenters. The van der Waals surface area contributed by atoms with Crippen LogP contribution in [0.15, 0.2) is 0 Å². The Morgan fingerprint density at radius 3 is 2.65 bits per heavy atom. The quantitative estimate of drug-likeness (QED) is 0.901. The molecule has 20 heavy (non-hydrogen) atoms. The number of rotatable bonds is 5. The van der Waals surface area contributed by atoms with Crippen molar-refractivity contribution < 1.29 is 9.47 Å². The maximum atomic E-state index is 6.47. The smallest absolute Gasteiger partial charge is 0.0880 e. The molecule has 1 atom stereocenters. The number of halogens is 1. The molecule has 2 rings (SSSR count). The zero-order valence-corrected chi connectivity index (χ0v) is 13.2. The highest BCUT2D eigenvalue weighted by Gasteiger charge is 2.40. The van der Waals surface area contributed by atoms with Gasteiger partial charge >= 0.3 is 0 Å². The lowest BCUT2D eigenvalue weighted by Gasteiger charge is -2.41. The van der Waals surface area contributed by atoms with Crippen molar-refractivity contribution in [3.8, 4) is 0 Å². The van der Waals surface area contributed by atoms with Crippen LogP contribution in [0.1, 0.15) is 31.2 Å². The molecule has 0 amide bonds. The van der Waals surface area contributed by atoms with Crippen molar-refractivity contribution in [3.63, 3.8) is 0 Å². The normalized spacial score (nSPS) is 20.1. The first kappa shape index (κ1) is 15.8. The Morgan fingerprint density at radius 2 is 2.15 bits per heavy atom. The summed E-state index contributed by atoms with van der Waals surface area (Å²) in [5.74, 6) is 0. The van der Waals surface area contributed by atoms with Crippen LogP contribution in [0.2, 0.25) is 5.02 Å². The number of hydrogen-bond acceptors (Lipinski definition) is 4. The predicted molar refractivity (Wildman–Crippen MR) is 79.0 cm³/mol. The van der Waals surface area contributed by atoms with E-state index in [-0.39, 0.29) is 11.6 Å².